The van der Waals surface area contributed by atoms with Crippen LogP contribution in [0.15, 0.2) is 0 Å². The van der Waals surface area contributed by atoms with Crippen LogP contribution in [0, 0.1) is 0 Å². The Morgan fingerprint density at radius 1 is 1.27 bits per heavy atom. The second-order valence-electron chi connectivity index (χ2n) is 1.54. The van der Waals surface area contributed by atoms with Gasteiger partial charge < -0.3 is 5.11 Å². The molecule has 0 unspecified atom stereocenters. The van der Waals surface area contributed by atoms with Crippen molar-refractivity contribution in [1.29, 1.82) is 0 Å². The molecule has 0 fully saturated rings. The Kier molecular flexibility index (Phi) is 2.55. The molecular formula is C4H2F4O3. The molecular weight excluding hydrogens is 172 g/mol. The first-order valence-corrected chi connectivity index (χ1v) is 2.23. The summed E-state index contributed by atoms with van der Waals surface area (Å²) in [5, 5.41) is 7.56. The van der Waals surface area contributed by atoms with E-state index < -0.39 is 24.1 Å². The number of hydrogen-bond acceptors (Lipinski definition) is 2. The first-order valence-electron chi connectivity index (χ1n) is 2.23. The second-order valence-corrected chi connectivity index (χ2v) is 1.54. The van der Waals surface area contributed by atoms with E-state index in [1.807, 2.05) is 0 Å². The fourth-order valence-corrected chi connectivity index (χ4v) is 0.242. The molecule has 0 aromatic heterocycles. The molecule has 0 bridgehead atoms. The van der Waals surface area contributed by atoms with Gasteiger partial charge in [0.05, 0.1) is 0 Å². The van der Waals surface area contributed by atoms with E-state index in [4.69, 9.17) is 5.11 Å². The Balaban J connectivity index is 4.56. The smallest absolute Gasteiger partial charge is 0.405 e. The van der Waals surface area contributed by atoms with Crippen LogP contribution in [-0.4, -0.2) is 29.2 Å². The molecule has 0 spiro atoms. The van der Waals surface area contributed by atoms with E-state index in [9.17, 15) is 27.2 Å². The lowest BCUT2D eigenvalue weighted by atomic mass is 10.2. The van der Waals surface area contributed by atoms with Crippen LogP contribution in [0.3, 0.4) is 0 Å². The number of hydrogen-bond donors (Lipinski definition) is 1. The zero-order valence-electron chi connectivity index (χ0n) is 4.85. The molecule has 3 nitrogen and oxygen atoms in total. The van der Waals surface area contributed by atoms with Crippen molar-refractivity contribution in [3.63, 3.8) is 0 Å². The average molecular weight is 174 g/mol. The monoisotopic (exact) mass is 174 g/mol. The molecule has 0 aliphatic rings. The summed E-state index contributed by atoms with van der Waals surface area (Å²) in [5.41, 5.74) is 0. The number of rotatable bonds is 3. The van der Waals surface area contributed by atoms with Gasteiger partial charge in [0.2, 0.25) is 0 Å². The molecule has 0 rings (SSSR count). The quantitative estimate of drug-likeness (QED) is 0.501. The number of carboxylic acid groups (broad SMARTS) is 1. The maximum Gasteiger partial charge on any atom is 0.405 e. The summed E-state index contributed by atoms with van der Waals surface area (Å²) in [6.45, 7) is 0. The third kappa shape index (κ3) is 1.89. The van der Waals surface area contributed by atoms with Crippen molar-refractivity contribution in [2.24, 2.45) is 0 Å². The first-order chi connectivity index (χ1) is 4.80. The van der Waals surface area contributed by atoms with Gasteiger partial charge in [0.25, 0.3) is 5.78 Å². The van der Waals surface area contributed by atoms with Gasteiger partial charge in [-0.15, -0.1) is 0 Å². The fraction of sp³-hybridized carbons (Fsp3) is 0.500. The number of carboxylic acids is 1. The highest BCUT2D eigenvalue weighted by Crippen LogP contribution is 2.18. The molecule has 1 N–H and O–H groups in total. The largest absolute Gasteiger partial charge is 0.476 e. The van der Waals surface area contributed by atoms with Crippen LogP contribution < -0.4 is 0 Å². The highest BCUT2D eigenvalue weighted by atomic mass is 19.3. The third-order valence-corrected chi connectivity index (χ3v) is 0.776. The van der Waals surface area contributed by atoms with E-state index >= 15 is 0 Å². The van der Waals surface area contributed by atoms with Crippen molar-refractivity contribution >= 4 is 11.8 Å². The van der Waals surface area contributed by atoms with Gasteiger partial charge in [0.1, 0.15) is 0 Å². The third-order valence-electron chi connectivity index (χ3n) is 0.776. The molecule has 0 saturated heterocycles. The predicted octanol–water partition coefficient (Wildman–Crippen LogP) is 0.540. The van der Waals surface area contributed by atoms with Crippen molar-refractivity contribution in [2.75, 3.05) is 0 Å². The second kappa shape index (κ2) is 2.85. The summed E-state index contributed by atoms with van der Waals surface area (Å²) in [7, 11) is 0. The van der Waals surface area contributed by atoms with Crippen molar-refractivity contribution < 1.29 is 32.3 Å². The first kappa shape index (κ1) is 9.86. The van der Waals surface area contributed by atoms with Crippen molar-refractivity contribution in [3.05, 3.63) is 0 Å². The topological polar surface area (TPSA) is 54.4 Å². The zero-order chi connectivity index (χ0) is 9.23. The van der Waals surface area contributed by atoms with Crippen LogP contribution in [0.4, 0.5) is 17.6 Å². The lowest BCUT2D eigenvalue weighted by molar-refractivity contribution is -0.176. The lowest BCUT2D eigenvalue weighted by Gasteiger charge is -2.07. The van der Waals surface area contributed by atoms with E-state index in [0.29, 0.717) is 0 Å². The molecule has 0 aromatic carbocycles. The molecule has 0 aromatic rings. The standard InChI is InChI=1S/C4H2F4O3/c5-2(6)1(9)4(7,8)3(10)11/h2H,(H,10,11). The van der Waals surface area contributed by atoms with E-state index in [1.54, 1.807) is 0 Å². The van der Waals surface area contributed by atoms with Crippen LogP contribution >= 0.6 is 0 Å². The fourth-order valence-electron chi connectivity index (χ4n) is 0.242. The van der Waals surface area contributed by atoms with Crippen LogP contribution in [-0.2, 0) is 9.59 Å². The van der Waals surface area contributed by atoms with Gasteiger partial charge in [-0.05, 0) is 0 Å². The van der Waals surface area contributed by atoms with E-state index in [0.717, 1.165) is 0 Å². The average Bonchev–Trinajstić information content (AvgIpc) is 1.85. The summed E-state index contributed by atoms with van der Waals surface area (Å²) >= 11 is 0. The summed E-state index contributed by atoms with van der Waals surface area (Å²) in [6.07, 6.45) is -3.97. The number of halogens is 4. The molecule has 0 heterocycles. The number of aliphatic carboxylic acids is 1. The Morgan fingerprint density at radius 2 is 1.64 bits per heavy atom. The van der Waals surface area contributed by atoms with Crippen molar-refractivity contribution in [3.8, 4) is 0 Å². The van der Waals surface area contributed by atoms with Gasteiger partial charge in [0, 0.05) is 0 Å². The molecule has 0 saturated carbocycles. The van der Waals surface area contributed by atoms with E-state index in [1.165, 1.54) is 0 Å². The Hall–Kier alpha value is -1.14. The number of carbonyl (C=O) groups excluding carboxylic acids is 1. The molecule has 0 amide bonds. The number of ketones is 1. The van der Waals surface area contributed by atoms with Gasteiger partial charge in [-0.25, -0.2) is 13.6 Å². The number of alkyl halides is 4. The molecule has 0 aliphatic heterocycles. The van der Waals surface area contributed by atoms with Gasteiger partial charge in [-0.2, -0.15) is 8.78 Å². The normalized spacial score (nSPS) is 11.7. The summed E-state index contributed by atoms with van der Waals surface area (Å²) in [4.78, 5) is 19.2. The van der Waals surface area contributed by atoms with Gasteiger partial charge in [-0.1, -0.05) is 0 Å². The maximum atomic E-state index is 11.8. The number of Topliss-reactive ketones (excluding diaryl/α,β-unsaturated/α-hetero) is 1. The predicted molar refractivity (Wildman–Crippen MR) is 23.6 cm³/mol. The zero-order valence-corrected chi connectivity index (χ0v) is 4.85. The van der Waals surface area contributed by atoms with Crippen LogP contribution in [0.25, 0.3) is 0 Å². The van der Waals surface area contributed by atoms with Crippen molar-refractivity contribution in [2.45, 2.75) is 12.3 Å². The minimum atomic E-state index is -4.99. The summed E-state index contributed by atoms with van der Waals surface area (Å²) in [5.74, 6) is -10.8. The van der Waals surface area contributed by atoms with E-state index in [-0.39, 0.29) is 0 Å². The SMILES string of the molecule is O=C(O)C(F)(F)C(=O)C(F)F. The molecule has 11 heavy (non-hydrogen) atoms. The molecule has 0 atom stereocenters. The minimum absolute atomic E-state index is 2.87. The maximum absolute atomic E-state index is 11.8. The summed E-state index contributed by atoms with van der Waals surface area (Å²) < 4.78 is 45.9. The Morgan fingerprint density at radius 3 is 1.73 bits per heavy atom. The Bertz CT molecular complexity index is 188. The lowest BCUT2D eigenvalue weighted by Crippen LogP contribution is -2.41. The molecule has 0 aliphatic carbocycles. The van der Waals surface area contributed by atoms with Gasteiger partial charge >= 0.3 is 18.3 Å². The Labute approximate surface area is 57.6 Å². The number of carbonyl (C=O) groups is 2. The van der Waals surface area contributed by atoms with Crippen LogP contribution in [0.5, 0.6) is 0 Å². The van der Waals surface area contributed by atoms with Crippen molar-refractivity contribution in [1.82, 2.24) is 0 Å². The highest BCUT2D eigenvalue weighted by Gasteiger charge is 2.51. The molecule has 7 heteroatoms. The molecule has 0 radical (unpaired) electrons. The van der Waals surface area contributed by atoms with Gasteiger partial charge in [0.15, 0.2) is 0 Å². The summed E-state index contributed by atoms with van der Waals surface area (Å²) in [6, 6.07) is 0. The van der Waals surface area contributed by atoms with Crippen LogP contribution in [0.1, 0.15) is 0 Å². The minimum Gasteiger partial charge on any atom is -0.476 e. The van der Waals surface area contributed by atoms with Crippen LogP contribution in [0.2, 0.25) is 0 Å². The van der Waals surface area contributed by atoms with E-state index in [2.05, 4.69) is 0 Å². The highest BCUT2D eigenvalue weighted by molar-refractivity contribution is 6.05. The molecule has 64 valence electrons. The van der Waals surface area contributed by atoms with Gasteiger partial charge in [-0.3, -0.25) is 4.79 Å².